The van der Waals surface area contributed by atoms with E-state index in [0.29, 0.717) is 29.1 Å². The molecule has 8 nitrogen and oxygen atoms in total. The van der Waals surface area contributed by atoms with Crippen molar-refractivity contribution in [3.8, 4) is 5.88 Å². The van der Waals surface area contributed by atoms with Gasteiger partial charge < -0.3 is 20.7 Å². The Bertz CT molecular complexity index is 1160. The third-order valence-electron chi connectivity index (χ3n) is 5.06. The van der Waals surface area contributed by atoms with Gasteiger partial charge in [0.15, 0.2) is 5.82 Å². The summed E-state index contributed by atoms with van der Waals surface area (Å²) in [5, 5.41) is 11.2. The van der Waals surface area contributed by atoms with Crippen LogP contribution in [0.2, 0.25) is 0 Å². The summed E-state index contributed by atoms with van der Waals surface area (Å²) in [5.41, 5.74) is 7.37. The number of halogens is 2. The molecule has 3 aromatic rings. The van der Waals surface area contributed by atoms with Crippen LogP contribution in [0.5, 0.6) is 5.88 Å². The smallest absolute Gasteiger partial charge is 0.276 e. The molecule has 1 aromatic heterocycles. The van der Waals surface area contributed by atoms with E-state index < -0.39 is 11.7 Å². The number of benzene rings is 2. The molecule has 1 aliphatic heterocycles. The standard InChI is InChI=1S/C21H20F2N6O2/c1-11-6-15-16(18(24)30)8-14(23)9-17(15)29(11)21-26-19(20(31-2)27-28-21)25-10-12-4-3-5-13(22)7-12/h3-5,7-9,11H,6,10H2,1-2H3,(H2,24,30)(H,25,26,28). The van der Waals surface area contributed by atoms with Gasteiger partial charge in [-0.1, -0.05) is 12.1 Å². The van der Waals surface area contributed by atoms with E-state index in [1.165, 1.54) is 25.3 Å². The van der Waals surface area contributed by atoms with Crippen LogP contribution in [0, 0.1) is 11.6 Å². The Balaban J connectivity index is 1.70. The normalized spacial score (nSPS) is 15.0. The van der Waals surface area contributed by atoms with Crippen LogP contribution in [-0.4, -0.2) is 34.2 Å². The van der Waals surface area contributed by atoms with Crippen molar-refractivity contribution in [2.24, 2.45) is 5.73 Å². The van der Waals surface area contributed by atoms with Crippen LogP contribution >= 0.6 is 0 Å². The van der Waals surface area contributed by atoms with Gasteiger partial charge in [-0.15, -0.1) is 10.2 Å². The minimum Gasteiger partial charge on any atom is -0.477 e. The molecule has 10 heteroatoms. The van der Waals surface area contributed by atoms with Crippen molar-refractivity contribution in [3.05, 3.63) is 64.7 Å². The summed E-state index contributed by atoms with van der Waals surface area (Å²) < 4.78 is 32.9. The molecule has 0 spiro atoms. The summed E-state index contributed by atoms with van der Waals surface area (Å²) in [6.07, 6.45) is 0.468. The zero-order chi connectivity index (χ0) is 22.1. The molecule has 1 unspecified atom stereocenters. The maximum Gasteiger partial charge on any atom is 0.276 e. The summed E-state index contributed by atoms with van der Waals surface area (Å²) >= 11 is 0. The zero-order valence-electron chi connectivity index (χ0n) is 16.9. The third-order valence-corrected chi connectivity index (χ3v) is 5.06. The number of hydrogen-bond acceptors (Lipinski definition) is 7. The van der Waals surface area contributed by atoms with Gasteiger partial charge in [0.2, 0.25) is 5.91 Å². The van der Waals surface area contributed by atoms with E-state index in [4.69, 9.17) is 10.5 Å². The molecule has 3 N–H and O–H groups in total. The first-order chi connectivity index (χ1) is 14.9. The molecule has 2 aromatic carbocycles. The highest BCUT2D eigenvalue weighted by Crippen LogP contribution is 2.39. The molecule has 4 rings (SSSR count). The van der Waals surface area contributed by atoms with E-state index in [9.17, 15) is 13.6 Å². The Morgan fingerprint density at radius 1 is 1.26 bits per heavy atom. The monoisotopic (exact) mass is 426 g/mol. The van der Waals surface area contributed by atoms with Gasteiger partial charge in [0, 0.05) is 18.2 Å². The molecule has 0 aliphatic carbocycles. The van der Waals surface area contributed by atoms with Gasteiger partial charge in [-0.25, -0.2) is 8.78 Å². The van der Waals surface area contributed by atoms with Gasteiger partial charge in [-0.3, -0.25) is 4.79 Å². The van der Waals surface area contributed by atoms with Crippen molar-refractivity contribution in [1.82, 2.24) is 15.2 Å². The zero-order valence-corrected chi connectivity index (χ0v) is 16.9. The number of nitrogens with zero attached hydrogens (tertiary/aromatic N) is 4. The molecule has 0 radical (unpaired) electrons. The molecule has 0 saturated heterocycles. The van der Waals surface area contributed by atoms with Crippen LogP contribution < -0.4 is 20.7 Å². The number of nitrogens with one attached hydrogen (secondary N) is 1. The Morgan fingerprint density at radius 3 is 2.77 bits per heavy atom. The molecule has 31 heavy (non-hydrogen) atoms. The topological polar surface area (TPSA) is 106 Å². The second-order valence-corrected chi connectivity index (χ2v) is 7.19. The summed E-state index contributed by atoms with van der Waals surface area (Å²) in [5.74, 6) is -0.973. The molecule has 1 aliphatic rings. The van der Waals surface area contributed by atoms with Crippen molar-refractivity contribution < 1.29 is 18.3 Å². The second kappa shape index (κ2) is 8.13. The van der Waals surface area contributed by atoms with E-state index in [2.05, 4.69) is 20.5 Å². The minimum absolute atomic E-state index is 0.135. The number of fused-ring (bicyclic) bond motifs is 1. The number of methoxy groups -OCH3 is 1. The maximum atomic E-state index is 14.2. The Kier molecular flexibility index (Phi) is 5.37. The fourth-order valence-electron chi connectivity index (χ4n) is 3.70. The average Bonchev–Trinajstić information content (AvgIpc) is 3.06. The first kappa shape index (κ1) is 20.5. The quantitative estimate of drug-likeness (QED) is 0.624. The average molecular weight is 426 g/mol. The Morgan fingerprint density at radius 2 is 2.06 bits per heavy atom. The van der Waals surface area contributed by atoms with Crippen molar-refractivity contribution >= 4 is 23.4 Å². The molecule has 0 fully saturated rings. The van der Waals surface area contributed by atoms with Crippen molar-refractivity contribution in [2.45, 2.75) is 25.9 Å². The van der Waals surface area contributed by atoms with Crippen LogP contribution in [0.15, 0.2) is 36.4 Å². The van der Waals surface area contributed by atoms with Crippen LogP contribution in [0.3, 0.4) is 0 Å². The van der Waals surface area contributed by atoms with Gasteiger partial charge in [-0.2, -0.15) is 4.98 Å². The fraction of sp³-hybridized carbons (Fsp3) is 0.238. The van der Waals surface area contributed by atoms with Crippen LogP contribution in [-0.2, 0) is 13.0 Å². The molecular weight excluding hydrogens is 406 g/mol. The lowest BCUT2D eigenvalue weighted by atomic mass is 10.0. The minimum atomic E-state index is -0.698. The van der Waals surface area contributed by atoms with E-state index >= 15 is 0 Å². The maximum absolute atomic E-state index is 14.2. The lowest BCUT2D eigenvalue weighted by Crippen LogP contribution is -2.26. The van der Waals surface area contributed by atoms with E-state index in [1.807, 2.05) is 6.92 Å². The number of ether oxygens (including phenoxy) is 1. The summed E-state index contributed by atoms with van der Waals surface area (Å²) in [6.45, 7) is 2.18. The first-order valence-electron chi connectivity index (χ1n) is 9.56. The summed E-state index contributed by atoms with van der Waals surface area (Å²) in [4.78, 5) is 18.0. The number of nitrogens with two attached hydrogens (primary N) is 1. The lowest BCUT2D eigenvalue weighted by molar-refractivity contribution is 0.0999. The first-order valence-corrected chi connectivity index (χ1v) is 9.56. The van der Waals surface area contributed by atoms with Crippen LogP contribution in [0.4, 0.5) is 26.2 Å². The number of amides is 1. The predicted molar refractivity (Wildman–Crippen MR) is 110 cm³/mol. The molecule has 2 heterocycles. The van der Waals surface area contributed by atoms with Gasteiger partial charge in [0.05, 0.1) is 12.8 Å². The van der Waals surface area contributed by atoms with Gasteiger partial charge in [0.1, 0.15) is 11.6 Å². The van der Waals surface area contributed by atoms with Gasteiger partial charge >= 0.3 is 0 Å². The van der Waals surface area contributed by atoms with E-state index in [1.54, 1.807) is 17.0 Å². The third kappa shape index (κ3) is 3.96. The number of aromatic nitrogens is 3. The highest BCUT2D eigenvalue weighted by atomic mass is 19.1. The molecule has 160 valence electrons. The highest BCUT2D eigenvalue weighted by molar-refractivity contribution is 5.97. The lowest BCUT2D eigenvalue weighted by Gasteiger charge is -2.23. The number of primary amides is 1. The highest BCUT2D eigenvalue weighted by Gasteiger charge is 2.33. The molecule has 1 atom stereocenters. The number of carbonyl (C=O) groups is 1. The molecule has 0 bridgehead atoms. The SMILES string of the molecule is COc1nnc(N2c3cc(F)cc(C(N)=O)c3CC2C)nc1NCc1cccc(F)c1. The number of anilines is 3. The number of hydrogen-bond donors (Lipinski definition) is 2. The van der Waals surface area contributed by atoms with Crippen molar-refractivity contribution in [1.29, 1.82) is 0 Å². The van der Waals surface area contributed by atoms with Gasteiger partial charge in [0.25, 0.3) is 11.8 Å². The predicted octanol–water partition coefficient (Wildman–Crippen LogP) is 2.95. The van der Waals surface area contributed by atoms with Crippen molar-refractivity contribution in [3.63, 3.8) is 0 Å². The van der Waals surface area contributed by atoms with Crippen LogP contribution in [0.25, 0.3) is 0 Å². The van der Waals surface area contributed by atoms with Crippen molar-refractivity contribution in [2.75, 3.05) is 17.3 Å². The second-order valence-electron chi connectivity index (χ2n) is 7.19. The molecule has 0 saturated carbocycles. The Hall–Kier alpha value is -3.82. The van der Waals surface area contributed by atoms with Crippen LogP contribution in [0.1, 0.15) is 28.4 Å². The summed E-state index contributed by atoms with van der Waals surface area (Å²) in [7, 11) is 1.43. The largest absolute Gasteiger partial charge is 0.477 e. The van der Waals surface area contributed by atoms with E-state index in [-0.39, 0.29) is 35.8 Å². The summed E-state index contributed by atoms with van der Waals surface area (Å²) in [6, 6.07) is 8.43. The van der Waals surface area contributed by atoms with Gasteiger partial charge in [-0.05, 0) is 48.7 Å². The fourth-order valence-corrected chi connectivity index (χ4v) is 3.70. The number of rotatable bonds is 6. The van der Waals surface area contributed by atoms with E-state index in [0.717, 1.165) is 6.07 Å². The molecule has 1 amide bonds. The number of carbonyl (C=O) groups excluding carboxylic acids is 1. The Labute approximate surface area is 177 Å². The molecular formula is C21H20F2N6O2.